The van der Waals surface area contributed by atoms with Crippen LogP contribution in [0.4, 0.5) is 0 Å². The van der Waals surface area contributed by atoms with Gasteiger partial charge in [-0.2, -0.15) is 5.26 Å². The minimum atomic E-state index is -0.322. The normalized spacial score (nSPS) is 13.6. The van der Waals surface area contributed by atoms with Gasteiger partial charge >= 0.3 is 5.97 Å². The van der Waals surface area contributed by atoms with Gasteiger partial charge in [-0.1, -0.05) is 30.3 Å². The van der Waals surface area contributed by atoms with Crippen molar-refractivity contribution >= 4 is 5.97 Å². The molecule has 4 heteroatoms. The van der Waals surface area contributed by atoms with E-state index in [1.807, 2.05) is 49.2 Å². The Kier molecular flexibility index (Phi) is 6.04. The molecule has 19 heavy (non-hydrogen) atoms. The largest absolute Gasteiger partial charge is 0.469 e. The predicted octanol–water partition coefficient (Wildman–Crippen LogP) is 2.18. The Morgan fingerprint density at radius 1 is 1.42 bits per heavy atom. The summed E-state index contributed by atoms with van der Waals surface area (Å²) in [5, 5.41) is 8.72. The van der Waals surface area contributed by atoms with Crippen LogP contribution in [0.5, 0.6) is 0 Å². The van der Waals surface area contributed by atoms with Crippen molar-refractivity contribution in [1.82, 2.24) is 4.90 Å². The van der Waals surface area contributed by atoms with E-state index in [4.69, 9.17) is 10.00 Å². The average molecular weight is 260 g/mol. The van der Waals surface area contributed by atoms with E-state index in [0.717, 1.165) is 5.56 Å². The number of methoxy groups -OCH3 is 1. The molecule has 0 aromatic heterocycles. The molecule has 0 fully saturated rings. The Morgan fingerprint density at radius 3 is 2.58 bits per heavy atom. The summed E-state index contributed by atoms with van der Waals surface area (Å²) in [7, 11) is 3.32. The maximum absolute atomic E-state index is 11.9. The van der Waals surface area contributed by atoms with Gasteiger partial charge in [0.1, 0.15) is 0 Å². The Hall–Kier alpha value is -1.86. The third kappa shape index (κ3) is 4.38. The van der Waals surface area contributed by atoms with Crippen molar-refractivity contribution < 1.29 is 9.53 Å². The van der Waals surface area contributed by atoms with E-state index in [1.165, 1.54) is 7.11 Å². The molecule has 0 heterocycles. The Morgan fingerprint density at radius 2 is 2.05 bits per heavy atom. The van der Waals surface area contributed by atoms with Crippen LogP contribution in [0.2, 0.25) is 0 Å². The zero-order valence-electron chi connectivity index (χ0n) is 11.7. The first kappa shape index (κ1) is 15.2. The van der Waals surface area contributed by atoms with E-state index >= 15 is 0 Å². The second kappa shape index (κ2) is 7.55. The molecule has 0 N–H and O–H groups in total. The van der Waals surface area contributed by atoms with Crippen molar-refractivity contribution in [3.63, 3.8) is 0 Å². The SMILES string of the molecule is COC(=O)C(CN(C)C(C)CC#N)c1ccccc1. The fourth-order valence-electron chi connectivity index (χ4n) is 1.90. The van der Waals surface area contributed by atoms with Crippen LogP contribution in [-0.2, 0) is 9.53 Å². The number of ether oxygens (including phenoxy) is 1. The molecule has 0 aliphatic carbocycles. The van der Waals surface area contributed by atoms with E-state index < -0.39 is 0 Å². The van der Waals surface area contributed by atoms with Gasteiger partial charge in [0.25, 0.3) is 0 Å². The average Bonchev–Trinajstić information content (AvgIpc) is 2.44. The number of rotatable bonds is 6. The number of nitriles is 1. The molecule has 102 valence electrons. The van der Waals surface area contributed by atoms with Crippen molar-refractivity contribution in [3.8, 4) is 6.07 Å². The summed E-state index contributed by atoms with van der Waals surface area (Å²) in [6.45, 7) is 2.52. The van der Waals surface area contributed by atoms with Crippen LogP contribution in [0, 0.1) is 11.3 Å². The molecule has 1 aromatic carbocycles. The fourth-order valence-corrected chi connectivity index (χ4v) is 1.90. The van der Waals surface area contributed by atoms with Gasteiger partial charge in [-0.25, -0.2) is 0 Å². The molecule has 0 aliphatic heterocycles. The van der Waals surface area contributed by atoms with Crippen LogP contribution in [0.15, 0.2) is 30.3 Å². The third-order valence-electron chi connectivity index (χ3n) is 3.30. The van der Waals surface area contributed by atoms with Gasteiger partial charge in [0.2, 0.25) is 0 Å². The second-order valence-electron chi connectivity index (χ2n) is 4.64. The smallest absolute Gasteiger partial charge is 0.314 e. The molecule has 0 aliphatic rings. The zero-order chi connectivity index (χ0) is 14.3. The topological polar surface area (TPSA) is 53.3 Å². The molecule has 4 nitrogen and oxygen atoms in total. The minimum absolute atomic E-state index is 0.112. The molecule has 2 unspecified atom stereocenters. The van der Waals surface area contributed by atoms with Gasteiger partial charge in [0.15, 0.2) is 0 Å². The Balaban J connectivity index is 2.83. The fraction of sp³-hybridized carbons (Fsp3) is 0.467. The third-order valence-corrected chi connectivity index (χ3v) is 3.30. The molecule has 1 rings (SSSR count). The van der Waals surface area contributed by atoms with E-state index in [0.29, 0.717) is 13.0 Å². The first-order valence-electron chi connectivity index (χ1n) is 6.30. The summed E-state index contributed by atoms with van der Waals surface area (Å²) in [6.07, 6.45) is 0.444. The van der Waals surface area contributed by atoms with E-state index in [9.17, 15) is 4.79 Å². The molecular formula is C15H20N2O2. The summed E-state index contributed by atoms with van der Waals surface area (Å²) in [5.41, 5.74) is 0.936. The van der Waals surface area contributed by atoms with Crippen LogP contribution < -0.4 is 0 Å². The summed E-state index contributed by atoms with van der Waals surface area (Å²) in [5.74, 6) is -0.570. The molecule has 0 spiro atoms. The molecule has 1 aromatic rings. The molecule has 0 saturated heterocycles. The van der Waals surface area contributed by atoms with Crippen LogP contribution in [-0.4, -0.2) is 37.6 Å². The maximum atomic E-state index is 11.9. The number of esters is 1. The quantitative estimate of drug-likeness (QED) is 0.736. The predicted molar refractivity (Wildman–Crippen MR) is 73.5 cm³/mol. The Bertz CT molecular complexity index is 439. The highest BCUT2D eigenvalue weighted by molar-refractivity contribution is 5.78. The summed E-state index contributed by atoms with van der Waals surface area (Å²) in [4.78, 5) is 13.9. The molecule has 0 bridgehead atoms. The van der Waals surface area contributed by atoms with E-state index in [2.05, 4.69) is 6.07 Å². The first-order valence-corrected chi connectivity index (χ1v) is 6.30. The van der Waals surface area contributed by atoms with Crippen molar-refractivity contribution in [2.75, 3.05) is 20.7 Å². The number of carbonyl (C=O) groups excluding carboxylic acids is 1. The molecule has 0 amide bonds. The van der Waals surface area contributed by atoms with Gasteiger partial charge in [-0.05, 0) is 19.5 Å². The Labute approximate surface area is 114 Å². The lowest BCUT2D eigenvalue weighted by atomic mass is 9.98. The lowest BCUT2D eigenvalue weighted by molar-refractivity contribution is -0.143. The number of benzene rings is 1. The number of carbonyl (C=O) groups is 1. The number of nitrogens with zero attached hydrogens (tertiary/aromatic N) is 2. The van der Waals surface area contributed by atoms with Gasteiger partial charge in [0.05, 0.1) is 25.5 Å². The number of hydrogen-bond donors (Lipinski definition) is 0. The summed E-state index contributed by atoms with van der Waals surface area (Å²) in [6, 6.07) is 11.8. The first-order chi connectivity index (χ1) is 9.10. The van der Waals surface area contributed by atoms with Crippen LogP contribution in [0.1, 0.15) is 24.8 Å². The molecule has 2 atom stereocenters. The van der Waals surface area contributed by atoms with Crippen molar-refractivity contribution in [1.29, 1.82) is 5.26 Å². The van der Waals surface area contributed by atoms with Crippen LogP contribution in [0.3, 0.4) is 0 Å². The monoisotopic (exact) mass is 260 g/mol. The van der Waals surface area contributed by atoms with Gasteiger partial charge in [0, 0.05) is 12.6 Å². The van der Waals surface area contributed by atoms with Crippen molar-refractivity contribution in [3.05, 3.63) is 35.9 Å². The van der Waals surface area contributed by atoms with E-state index in [-0.39, 0.29) is 17.9 Å². The molecule has 0 radical (unpaired) electrons. The second-order valence-corrected chi connectivity index (χ2v) is 4.64. The van der Waals surface area contributed by atoms with Crippen molar-refractivity contribution in [2.45, 2.75) is 25.3 Å². The lowest BCUT2D eigenvalue weighted by Gasteiger charge is -2.26. The highest BCUT2D eigenvalue weighted by atomic mass is 16.5. The maximum Gasteiger partial charge on any atom is 0.314 e. The van der Waals surface area contributed by atoms with Crippen molar-refractivity contribution in [2.24, 2.45) is 0 Å². The van der Waals surface area contributed by atoms with E-state index in [1.54, 1.807) is 0 Å². The standard InChI is InChI=1S/C15H20N2O2/c1-12(9-10-16)17(2)11-14(15(18)19-3)13-7-5-4-6-8-13/h4-8,12,14H,9,11H2,1-3H3. The van der Waals surface area contributed by atoms with Gasteiger partial charge in [-0.15, -0.1) is 0 Å². The summed E-state index contributed by atoms with van der Waals surface area (Å²) < 4.78 is 4.88. The lowest BCUT2D eigenvalue weighted by Crippen LogP contribution is -2.35. The highest BCUT2D eigenvalue weighted by Gasteiger charge is 2.24. The molecular weight excluding hydrogens is 240 g/mol. The number of likely N-dealkylation sites (N-methyl/N-ethyl adjacent to an activating group) is 1. The van der Waals surface area contributed by atoms with Gasteiger partial charge in [-0.3, -0.25) is 4.79 Å². The highest BCUT2D eigenvalue weighted by Crippen LogP contribution is 2.19. The molecule has 0 saturated carbocycles. The zero-order valence-corrected chi connectivity index (χ0v) is 11.7. The number of hydrogen-bond acceptors (Lipinski definition) is 4. The van der Waals surface area contributed by atoms with Crippen LogP contribution >= 0.6 is 0 Å². The van der Waals surface area contributed by atoms with Crippen LogP contribution in [0.25, 0.3) is 0 Å². The van der Waals surface area contributed by atoms with Gasteiger partial charge < -0.3 is 9.64 Å². The minimum Gasteiger partial charge on any atom is -0.469 e. The summed E-state index contributed by atoms with van der Waals surface area (Å²) >= 11 is 0.